The van der Waals surface area contributed by atoms with Crippen molar-refractivity contribution in [2.45, 2.75) is 4.90 Å². The van der Waals surface area contributed by atoms with E-state index in [2.05, 4.69) is 5.32 Å². The van der Waals surface area contributed by atoms with E-state index in [1.165, 1.54) is 42.5 Å². The van der Waals surface area contributed by atoms with E-state index in [9.17, 15) is 22.0 Å². The fourth-order valence-electron chi connectivity index (χ4n) is 2.35. The van der Waals surface area contributed by atoms with Gasteiger partial charge in [0.25, 0.3) is 5.91 Å². The molecule has 0 saturated carbocycles. The van der Waals surface area contributed by atoms with E-state index in [1.807, 2.05) is 0 Å². The van der Waals surface area contributed by atoms with E-state index in [4.69, 9.17) is 21.5 Å². The zero-order chi connectivity index (χ0) is 21.2. The predicted molar refractivity (Wildman–Crippen MR) is 104 cm³/mol. The molecular formula is C19H13ClF2N2O4S. The molecule has 0 aromatic heterocycles. The van der Waals surface area contributed by atoms with Crippen LogP contribution in [0, 0.1) is 11.6 Å². The molecule has 0 unspecified atom stereocenters. The van der Waals surface area contributed by atoms with Gasteiger partial charge in [-0.05, 0) is 48.5 Å². The first kappa shape index (κ1) is 20.7. The van der Waals surface area contributed by atoms with Crippen molar-refractivity contribution in [3.8, 4) is 11.5 Å². The molecule has 0 atom stereocenters. The van der Waals surface area contributed by atoms with Gasteiger partial charge in [0.05, 0.1) is 15.5 Å². The zero-order valence-corrected chi connectivity index (χ0v) is 16.1. The number of amides is 1. The van der Waals surface area contributed by atoms with Crippen molar-refractivity contribution in [1.82, 2.24) is 0 Å². The van der Waals surface area contributed by atoms with E-state index >= 15 is 0 Å². The Morgan fingerprint density at radius 3 is 2.31 bits per heavy atom. The van der Waals surface area contributed by atoms with Crippen molar-refractivity contribution in [2.24, 2.45) is 5.14 Å². The van der Waals surface area contributed by atoms with Crippen LogP contribution in [-0.2, 0) is 10.0 Å². The second kappa shape index (κ2) is 8.16. The molecule has 0 saturated heterocycles. The number of benzene rings is 3. The van der Waals surface area contributed by atoms with Gasteiger partial charge in [-0.1, -0.05) is 23.7 Å². The topological polar surface area (TPSA) is 98.5 Å². The van der Waals surface area contributed by atoms with Crippen LogP contribution in [0.15, 0.2) is 65.6 Å². The maximum absolute atomic E-state index is 14.2. The average Bonchev–Trinajstić information content (AvgIpc) is 2.66. The predicted octanol–water partition coefficient (Wildman–Crippen LogP) is 4.31. The van der Waals surface area contributed by atoms with Gasteiger partial charge in [-0.25, -0.2) is 22.3 Å². The first-order valence-corrected chi connectivity index (χ1v) is 9.93. The maximum Gasteiger partial charge on any atom is 0.258 e. The standard InChI is InChI=1S/C19H13ClF2N2O4S/c20-15-10-13(29(23,26)27)9-14(18(15)22)19(25)24-11-5-7-12(8-6-11)28-17-4-2-1-3-16(17)21/h1-10H,(H,24,25)(H2,23,26,27). The van der Waals surface area contributed by atoms with Gasteiger partial charge >= 0.3 is 0 Å². The fourth-order valence-corrected chi connectivity index (χ4v) is 3.20. The number of carbonyl (C=O) groups is 1. The number of rotatable bonds is 5. The molecule has 0 heterocycles. The van der Waals surface area contributed by atoms with Gasteiger partial charge in [0.15, 0.2) is 17.4 Å². The molecule has 0 bridgehead atoms. The second-order valence-corrected chi connectivity index (χ2v) is 7.79. The van der Waals surface area contributed by atoms with Crippen LogP contribution in [0.4, 0.5) is 14.5 Å². The lowest BCUT2D eigenvalue weighted by atomic mass is 10.2. The minimum atomic E-state index is -4.19. The minimum absolute atomic E-state index is 0.0285. The molecule has 29 heavy (non-hydrogen) atoms. The smallest absolute Gasteiger partial charge is 0.258 e. The van der Waals surface area contributed by atoms with E-state index in [1.54, 1.807) is 6.07 Å². The summed E-state index contributed by atoms with van der Waals surface area (Å²) in [5.41, 5.74) is -0.333. The van der Waals surface area contributed by atoms with Crippen molar-refractivity contribution < 1.29 is 26.7 Å². The first-order chi connectivity index (χ1) is 13.6. The summed E-state index contributed by atoms with van der Waals surface area (Å²) < 4.78 is 56.1. The lowest BCUT2D eigenvalue weighted by molar-refractivity contribution is 0.102. The fraction of sp³-hybridized carbons (Fsp3) is 0. The summed E-state index contributed by atoms with van der Waals surface area (Å²) in [6, 6.07) is 13.3. The summed E-state index contributed by atoms with van der Waals surface area (Å²) >= 11 is 5.66. The highest BCUT2D eigenvalue weighted by molar-refractivity contribution is 7.89. The van der Waals surface area contributed by atoms with Crippen LogP contribution in [0.1, 0.15) is 10.4 Å². The summed E-state index contributed by atoms with van der Waals surface area (Å²) in [4.78, 5) is 11.9. The third-order valence-electron chi connectivity index (χ3n) is 3.75. The summed E-state index contributed by atoms with van der Waals surface area (Å²) in [5, 5.41) is 6.85. The normalized spacial score (nSPS) is 11.2. The third-order valence-corrected chi connectivity index (χ3v) is 4.92. The Labute approximate surface area is 169 Å². The molecule has 3 aromatic carbocycles. The molecule has 3 rings (SSSR count). The molecule has 6 nitrogen and oxygen atoms in total. The average molecular weight is 439 g/mol. The zero-order valence-electron chi connectivity index (χ0n) is 14.5. The van der Waals surface area contributed by atoms with Gasteiger partial charge in [-0.3, -0.25) is 4.79 Å². The van der Waals surface area contributed by atoms with E-state index < -0.39 is 43.0 Å². The van der Waals surface area contributed by atoms with Crippen LogP contribution >= 0.6 is 11.6 Å². The Morgan fingerprint density at radius 2 is 1.69 bits per heavy atom. The molecule has 150 valence electrons. The van der Waals surface area contributed by atoms with Crippen LogP contribution < -0.4 is 15.2 Å². The second-order valence-electron chi connectivity index (χ2n) is 5.82. The number of hydrogen-bond acceptors (Lipinski definition) is 4. The SMILES string of the molecule is NS(=O)(=O)c1cc(Cl)c(F)c(C(=O)Nc2ccc(Oc3ccccc3F)cc2)c1. The lowest BCUT2D eigenvalue weighted by Crippen LogP contribution is -2.17. The number of nitrogens with one attached hydrogen (secondary N) is 1. The highest BCUT2D eigenvalue weighted by atomic mass is 35.5. The molecule has 0 aliphatic carbocycles. The van der Waals surface area contributed by atoms with Crippen molar-refractivity contribution in [2.75, 3.05) is 5.32 Å². The molecule has 1 amide bonds. The van der Waals surface area contributed by atoms with Gasteiger partial charge in [0.1, 0.15) is 5.75 Å². The van der Waals surface area contributed by atoms with Crippen molar-refractivity contribution >= 4 is 33.2 Å². The molecule has 0 fully saturated rings. The first-order valence-electron chi connectivity index (χ1n) is 8.01. The van der Waals surface area contributed by atoms with Crippen LogP contribution in [-0.4, -0.2) is 14.3 Å². The number of nitrogens with two attached hydrogens (primary N) is 1. The Bertz CT molecular complexity index is 1190. The number of para-hydroxylation sites is 1. The lowest BCUT2D eigenvalue weighted by Gasteiger charge is -2.10. The number of ether oxygens (including phenoxy) is 1. The van der Waals surface area contributed by atoms with Crippen LogP contribution in [0.3, 0.4) is 0 Å². The summed E-state index contributed by atoms with van der Waals surface area (Å²) in [6.07, 6.45) is 0. The Morgan fingerprint density at radius 1 is 1.03 bits per heavy atom. The number of sulfonamides is 1. The summed E-state index contributed by atoms with van der Waals surface area (Å²) in [5.74, 6) is -2.22. The number of carbonyl (C=O) groups excluding carboxylic acids is 1. The maximum atomic E-state index is 14.2. The molecule has 3 N–H and O–H groups in total. The Kier molecular flexibility index (Phi) is 5.83. The monoisotopic (exact) mass is 438 g/mol. The highest BCUT2D eigenvalue weighted by Crippen LogP contribution is 2.27. The van der Waals surface area contributed by atoms with Gasteiger partial charge < -0.3 is 10.1 Å². The largest absolute Gasteiger partial charge is 0.454 e. The van der Waals surface area contributed by atoms with Gasteiger partial charge in [0, 0.05) is 5.69 Å². The summed E-state index contributed by atoms with van der Waals surface area (Å²) in [7, 11) is -4.19. The van der Waals surface area contributed by atoms with Gasteiger partial charge in [0.2, 0.25) is 10.0 Å². The van der Waals surface area contributed by atoms with Crippen molar-refractivity contribution in [3.05, 3.63) is 82.9 Å². The van der Waals surface area contributed by atoms with Gasteiger partial charge in [-0.15, -0.1) is 0 Å². The highest BCUT2D eigenvalue weighted by Gasteiger charge is 2.20. The Hall–Kier alpha value is -3.01. The molecule has 0 aliphatic heterocycles. The van der Waals surface area contributed by atoms with E-state index in [0.29, 0.717) is 5.75 Å². The Balaban J connectivity index is 1.79. The van der Waals surface area contributed by atoms with Crippen LogP contribution in [0.25, 0.3) is 0 Å². The van der Waals surface area contributed by atoms with Crippen molar-refractivity contribution in [1.29, 1.82) is 0 Å². The molecule has 0 radical (unpaired) electrons. The van der Waals surface area contributed by atoms with E-state index in [-0.39, 0.29) is 11.4 Å². The third kappa shape index (κ3) is 4.89. The number of halogens is 3. The van der Waals surface area contributed by atoms with Crippen LogP contribution in [0.2, 0.25) is 5.02 Å². The minimum Gasteiger partial charge on any atom is -0.454 e. The van der Waals surface area contributed by atoms with E-state index in [0.717, 1.165) is 12.1 Å². The molecule has 0 aliphatic rings. The molecular weight excluding hydrogens is 426 g/mol. The molecule has 0 spiro atoms. The number of anilines is 1. The number of primary sulfonamides is 1. The molecule has 10 heteroatoms. The number of hydrogen-bond donors (Lipinski definition) is 2. The summed E-state index contributed by atoms with van der Waals surface area (Å²) in [6.45, 7) is 0. The quantitative estimate of drug-likeness (QED) is 0.620. The molecule has 3 aromatic rings. The van der Waals surface area contributed by atoms with Crippen LogP contribution in [0.5, 0.6) is 11.5 Å². The van der Waals surface area contributed by atoms with Crippen molar-refractivity contribution in [3.63, 3.8) is 0 Å². The van der Waals surface area contributed by atoms with Gasteiger partial charge in [-0.2, -0.15) is 0 Å².